The highest BCUT2D eigenvalue weighted by Crippen LogP contribution is 2.24. The standard InChI is InChI=1S/C20H22ClN5O7/c21-13-4-1-3-12(9-13)18(31)23-24-8-6-16(28)25-7-2-5-15(26(25)20(24)33)19(32)22-14(11-27)10-17(29)30/h1,3-4,9,11,14-15H,2,5-8,10H2,(H,22,32)(H,23,31)(H,29,30)/t14-,15-/m0/s1. The highest BCUT2D eigenvalue weighted by Gasteiger charge is 2.44. The molecule has 0 unspecified atom stereocenters. The minimum absolute atomic E-state index is 0.0949. The Hall–Kier alpha value is -3.67. The van der Waals surface area contributed by atoms with Gasteiger partial charge < -0.3 is 15.2 Å². The van der Waals surface area contributed by atoms with Gasteiger partial charge in [0, 0.05) is 23.6 Å². The number of carboxylic acids is 1. The molecule has 3 N–H and O–H groups in total. The average Bonchev–Trinajstić information content (AvgIpc) is 2.90. The Morgan fingerprint density at radius 3 is 2.67 bits per heavy atom. The van der Waals surface area contributed by atoms with Crippen LogP contribution in [-0.2, 0) is 19.2 Å². The van der Waals surface area contributed by atoms with E-state index in [1.165, 1.54) is 12.1 Å². The topological polar surface area (TPSA) is 156 Å². The largest absolute Gasteiger partial charge is 0.481 e. The summed E-state index contributed by atoms with van der Waals surface area (Å²) in [7, 11) is 0. The van der Waals surface area contributed by atoms with E-state index < -0.39 is 48.2 Å². The van der Waals surface area contributed by atoms with E-state index in [9.17, 15) is 28.8 Å². The van der Waals surface area contributed by atoms with Crippen molar-refractivity contribution in [2.45, 2.75) is 37.8 Å². The lowest BCUT2D eigenvalue weighted by molar-refractivity contribution is -0.155. The molecule has 0 spiro atoms. The number of hydrogen-bond donors (Lipinski definition) is 3. The molecule has 2 fully saturated rings. The summed E-state index contributed by atoms with van der Waals surface area (Å²) in [4.78, 5) is 73.4. The smallest absolute Gasteiger partial charge is 0.358 e. The first-order valence-corrected chi connectivity index (χ1v) is 10.5. The second-order valence-corrected chi connectivity index (χ2v) is 7.94. The lowest BCUT2D eigenvalue weighted by Gasteiger charge is -2.42. The molecule has 5 amide bonds. The SMILES string of the molecule is O=C[C@H](CC(=O)O)NC(=O)[C@@H]1CCCN2C(=O)CCN(NC(=O)c3cccc(Cl)c3)C(=O)N12. The van der Waals surface area contributed by atoms with Gasteiger partial charge in [0.25, 0.3) is 5.91 Å². The number of carbonyl (C=O) groups excluding carboxylic acids is 5. The molecule has 13 heteroatoms. The molecule has 2 aliphatic heterocycles. The van der Waals surface area contributed by atoms with Gasteiger partial charge in [0.15, 0.2) is 0 Å². The van der Waals surface area contributed by atoms with Crippen LogP contribution >= 0.6 is 11.6 Å². The van der Waals surface area contributed by atoms with Crippen LogP contribution in [0.4, 0.5) is 4.79 Å². The fraction of sp³-hybridized carbons (Fsp3) is 0.400. The predicted octanol–water partition coefficient (Wildman–Crippen LogP) is 0.177. The van der Waals surface area contributed by atoms with Gasteiger partial charge in [0.05, 0.1) is 19.0 Å². The van der Waals surface area contributed by atoms with Gasteiger partial charge in [0.1, 0.15) is 12.3 Å². The molecule has 0 radical (unpaired) electrons. The summed E-state index contributed by atoms with van der Waals surface area (Å²) in [6.07, 6.45) is 0.158. The maximum absolute atomic E-state index is 13.3. The van der Waals surface area contributed by atoms with Crippen LogP contribution in [0.25, 0.3) is 0 Å². The minimum atomic E-state index is -1.29. The van der Waals surface area contributed by atoms with E-state index in [-0.39, 0.29) is 31.5 Å². The molecule has 1 aromatic rings. The molecule has 2 heterocycles. The van der Waals surface area contributed by atoms with E-state index in [0.717, 1.165) is 15.0 Å². The Bertz CT molecular complexity index is 987. The van der Waals surface area contributed by atoms with E-state index in [1.807, 2.05) is 0 Å². The van der Waals surface area contributed by atoms with Gasteiger partial charge in [-0.2, -0.15) is 0 Å². The van der Waals surface area contributed by atoms with Crippen molar-refractivity contribution in [3.05, 3.63) is 34.9 Å². The normalized spacial score (nSPS) is 19.3. The molecule has 2 saturated heterocycles. The number of benzene rings is 1. The molecular formula is C20H22ClN5O7. The maximum Gasteiger partial charge on any atom is 0.358 e. The highest BCUT2D eigenvalue weighted by molar-refractivity contribution is 6.31. The number of carboxylic acid groups (broad SMARTS) is 1. The number of aliphatic carboxylic acids is 1. The van der Waals surface area contributed by atoms with Crippen LogP contribution in [0.1, 0.15) is 36.0 Å². The van der Waals surface area contributed by atoms with Crippen LogP contribution in [-0.4, -0.2) is 81.3 Å². The highest BCUT2D eigenvalue weighted by atomic mass is 35.5. The first-order chi connectivity index (χ1) is 15.7. The van der Waals surface area contributed by atoms with Crippen LogP contribution in [0.15, 0.2) is 24.3 Å². The van der Waals surface area contributed by atoms with Crippen molar-refractivity contribution in [1.29, 1.82) is 0 Å². The lowest BCUT2D eigenvalue weighted by Crippen LogP contribution is -2.64. The average molecular weight is 480 g/mol. The van der Waals surface area contributed by atoms with Crippen LogP contribution in [0, 0.1) is 0 Å². The molecule has 0 bridgehead atoms. The van der Waals surface area contributed by atoms with Gasteiger partial charge in [-0.05, 0) is 31.0 Å². The summed E-state index contributed by atoms with van der Waals surface area (Å²) in [5, 5.41) is 14.6. The van der Waals surface area contributed by atoms with E-state index in [2.05, 4.69) is 10.7 Å². The Balaban J connectivity index is 1.81. The summed E-state index contributed by atoms with van der Waals surface area (Å²) in [6, 6.07) is 2.79. The fourth-order valence-corrected chi connectivity index (χ4v) is 3.82. The van der Waals surface area contributed by atoms with Crippen molar-refractivity contribution in [2.24, 2.45) is 0 Å². The Kier molecular flexibility index (Phi) is 7.48. The number of nitrogens with one attached hydrogen (secondary N) is 2. The summed E-state index contributed by atoms with van der Waals surface area (Å²) >= 11 is 5.91. The van der Waals surface area contributed by atoms with Gasteiger partial charge in [0.2, 0.25) is 11.8 Å². The molecule has 0 saturated carbocycles. The van der Waals surface area contributed by atoms with E-state index in [4.69, 9.17) is 16.7 Å². The molecule has 12 nitrogen and oxygen atoms in total. The van der Waals surface area contributed by atoms with Crippen molar-refractivity contribution in [1.82, 2.24) is 25.8 Å². The molecule has 3 rings (SSSR count). The van der Waals surface area contributed by atoms with Crippen LogP contribution in [0.3, 0.4) is 0 Å². The second kappa shape index (κ2) is 10.3. The van der Waals surface area contributed by atoms with Crippen molar-refractivity contribution in [2.75, 3.05) is 13.1 Å². The van der Waals surface area contributed by atoms with Crippen molar-refractivity contribution >= 4 is 47.6 Å². The van der Waals surface area contributed by atoms with Gasteiger partial charge in [-0.3, -0.25) is 24.6 Å². The summed E-state index contributed by atoms with van der Waals surface area (Å²) in [5.41, 5.74) is 2.64. The van der Waals surface area contributed by atoms with Gasteiger partial charge in [-0.25, -0.2) is 19.8 Å². The number of aldehydes is 1. The number of carbonyl (C=O) groups is 6. The number of amides is 5. The van der Waals surface area contributed by atoms with Crippen molar-refractivity contribution < 1.29 is 33.9 Å². The molecule has 2 aliphatic rings. The Morgan fingerprint density at radius 1 is 1.24 bits per heavy atom. The fourth-order valence-electron chi connectivity index (χ4n) is 3.63. The van der Waals surface area contributed by atoms with E-state index in [0.29, 0.717) is 17.7 Å². The van der Waals surface area contributed by atoms with Crippen LogP contribution in [0.2, 0.25) is 5.02 Å². The molecule has 0 aromatic heterocycles. The number of halogens is 1. The number of fused-ring (bicyclic) bond motifs is 1. The van der Waals surface area contributed by atoms with Crippen molar-refractivity contribution in [3.8, 4) is 0 Å². The molecule has 176 valence electrons. The zero-order chi connectivity index (χ0) is 24.1. The predicted molar refractivity (Wildman–Crippen MR) is 112 cm³/mol. The zero-order valence-electron chi connectivity index (χ0n) is 17.4. The summed E-state index contributed by atoms with van der Waals surface area (Å²) in [6.45, 7) is 0.0674. The summed E-state index contributed by atoms with van der Waals surface area (Å²) in [5.74, 6) is -3.11. The number of urea groups is 1. The number of nitrogens with zero attached hydrogens (tertiary/aromatic N) is 3. The molecule has 1 aromatic carbocycles. The summed E-state index contributed by atoms with van der Waals surface area (Å²) < 4.78 is 0. The molecule has 2 atom stereocenters. The van der Waals surface area contributed by atoms with Gasteiger partial charge in [-0.15, -0.1) is 0 Å². The first kappa shape index (κ1) is 24.0. The maximum atomic E-state index is 13.3. The second-order valence-electron chi connectivity index (χ2n) is 7.50. The first-order valence-electron chi connectivity index (χ1n) is 10.2. The monoisotopic (exact) mass is 479 g/mol. The van der Waals surface area contributed by atoms with Gasteiger partial charge >= 0.3 is 12.0 Å². The number of hydrazine groups is 2. The number of hydrogen-bond acceptors (Lipinski definition) is 6. The third-order valence-electron chi connectivity index (χ3n) is 5.18. The lowest BCUT2D eigenvalue weighted by atomic mass is 10.1. The van der Waals surface area contributed by atoms with Crippen molar-refractivity contribution in [3.63, 3.8) is 0 Å². The quantitative estimate of drug-likeness (QED) is 0.471. The molecular weight excluding hydrogens is 458 g/mol. The minimum Gasteiger partial charge on any atom is -0.481 e. The van der Waals surface area contributed by atoms with Crippen LogP contribution < -0.4 is 10.7 Å². The Morgan fingerprint density at radius 2 is 2.00 bits per heavy atom. The zero-order valence-corrected chi connectivity index (χ0v) is 18.2. The third-order valence-corrected chi connectivity index (χ3v) is 5.41. The molecule has 33 heavy (non-hydrogen) atoms. The van der Waals surface area contributed by atoms with E-state index >= 15 is 0 Å². The molecule has 0 aliphatic carbocycles. The Labute approximate surface area is 193 Å². The number of rotatable bonds is 7. The van der Waals surface area contributed by atoms with Gasteiger partial charge in [-0.1, -0.05) is 17.7 Å². The van der Waals surface area contributed by atoms with E-state index in [1.54, 1.807) is 12.1 Å². The van der Waals surface area contributed by atoms with Crippen LogP contribution in [0.5, 0.6) is 0 Å². The third kappa shape index (κ3) is 5.58.